The Morgan fingerprint density at radius 2 is 1.80 bits per heavy atom. The van der Waals surface area contributed by atoms with Gasteiger partial charge in [-0.15, -0.1) is 0 Å². The number of nitrogens with one attached hydrogen (secondary N) is 1. The number of aromatic nitrogens is 2. The van der Waals surface area contributed by atoms with Gasteiger partial charge in [-0.05, 0) is 49.7 Å². The van der Waals surface area contributed by atoms with Crippen molar-refractivity contribution in [3.63, 3.8) is 0 Å². The molecule has 1 aliphatic rings. The summed E-state index contributed by atoms with van der Waals surface area (Å²) in [5.74, 6) is -0.244. The van der Waals surface area contributed by atoms with E-state index < -0.39 is 10.0 Å². The van der Waals surface area contributed by atoms with Crippen LogP contribution in [0, 0.1) is 0 Å². The van der Waals surface area contributed by atoms with Crippen LogP contribution in [0.2, 0.25) is 0 Å². The minimum absolute atomic E-state index is 0.116. The van der Waals surface area contributed by atoms with Gasteiger partial charge in [0.15, 0.2) is 0 Å². The van der Waals surface area contributed by atoms with Crippen LogP contribution in [-0.2, 0) is 26.0 Å². The number of ether oxygens (including phenoxy) is 1. The molecule has 1 saturated heterocycles. The summed E-state index contributed by atoms with van der Waals surface area (Å²) >= 11 is 0. The molecule has 1 amide bonds. The summed E-state index contributed by atoms with van der Waals surface area (Å²) in [5.41, 5.74) is 2.92. The molecule has 35 heavy (non-hydrogen) atoms. The van der Waals surface area contributed by atoms with Gasteiger partial charge in [-0.3, -0.25) is 4.79 Å². The largest absolute Gasteiger partial charge is 0.379 e. The first-order valence-corrected chi connectivity index (χ1v) is 13.2. The van der Waals surface area contributed by atoms with Gasteiger partial charge < -0.3 is 15.0 Å². The van der Waals surface area contributed by atoms with Crippen molar-refractivity contribution in [2.75, 3.05) is 49.6 Å². The molecule has 0 radical (unpaired) electrons. The smallest absolute Gasteiger partial charge is 0.243 e. The van der Waals surface area contributed by atoms with E-state index in [0.717, 1.165) is 30.0 Å². The fourth-order valence-corrected chi connectivity index (χ4v) is 5.54. The Hall–Kier alpha value is -3.21. The van der Waals surface area contributed by atoms with E-state index in [2.05, 4.69) is 15.3 Å². The standard InChI is InChI=1S/C25H31N5O4S/c1-3-28(4-2)24-11-10-22(35(32,33)29-12-14-34-15-13-29)17-23(24)27-25(31)16-20-18-26-30(19-20)21-8-6-5-7-9-21/h5-11,17-19H,3-4,12-16H2,1-2H3,(H,27,31). The lowest BCUT2D eigenvalue weighted by Gasteiger charge is -2.28. The van der Waals surface area contributed by atoms with Gasteiger partial charge in [0.1, 0.15) is 0 Å². The summed E-state index contributed by atoms with van der Waals surface area (Å²) in [5, 5.41) is 7.30. The topological polar surface area (TPSA) is 96.8 Å². The van der Waals surface area contributed by atoms with E-state index in [1.54, 1.807) is 29.1 Å². The van der Waals surface area contributed by atoms with Gasteiger partial charge in [0.2, 0.25) is 15.9 Å². The number of benzene rings is 2. The van der Waals surface area contributed by atoms with E-state index in [1.807, 2.05) is 50.4 Å². The molecular formula is C25H31N5O4S. The summed E-state index contributed by atoms with van der Waals surface area (Å²) in [7, 11) is -3.69. The Labute approximate surface area is 206 Å². The molecule has 1 fully saturated rings. The van der Waals surface area contributed by atoms with Crippen LogP contribution in [0.4, 0.5) is 11.4 Å². The van der Waals surface area contributed by atoms with E-state index in [4.69, 9.17) is 4.74 Å². The lowest BCUT2D eigenvalue weighted by Crippen LogP contribution is -2.40. The normalized spacial score (nSPS) is 14.6. The molecule has 9 nitrogen and oxygen atoms in total. The number of morpholine rings is 1. The van der Waals surface area contributed by atoms with Crippen molar-refractivity contribution in [2.24, 2.45) is 0 Å². The SMILES string of the molecule is CCN(CC)c1ccc(S(=O)(=O)N2CCOCC2)cc1NC(=O)Cc1cnn(-c2ccccc2)c1. The average Bonchev–Trinajstić information content (AvgIpc) is 3.35. The maximum absolute atomic E-state index is 13.2. The summed E-state index contributed by atoms with van der Waals surface area (Å²) in [6, 6.07) is 14.6. The van der Waals surface area contributed by atoms with Crippen LogP contribution in [0.3, 0.4) is 0 Å². The third-order valence-corrected chi connectivity index (χ3v) is 7.87. The molecule has 4 rings (SSSR count). The Morgan fingerprint density at radius 3 is 2.49 bits per heavy atom. The van der Waals surface area contributed by atoms with Gasteiger partial charge in [0, 0.05) is 32.4 Å². The molecule has 1 aromatic heterocycles. The number of carbonyl (C=O) groups is 1. The summed E-state index contributed by atoms with van der Waals surface area (Å²) in [4.78, 5) is 15.2. The fourth-order valence-electron chi connectivity index (χ4n) is 4.10. The van der Waals surface area contributed by atoms with Crippen molar-refractivity contribution in [2.45, 2.75) is 25.2 Å². The highest BCUT2D eigenvalue weighted by Gasteiger charge is 2.27. The van der Waals surface area contributed by atoms with Crippen molar-refractivity contribution < 1.29 is 17.9 Å². The second-order valence-corrected chi connectivity index (χ2v) is 10.2. The van der Waals surface area contributed by atoms with Crippen molar-refractivity contribution in [3.8, 4) is 5.69 Å². The van der Waals surface area contributed by atoms with Crippen LogP contribution in [-0.4, -0.2) is 67.8 Å². The Kier molecular flexibility index (Phi) is 7.84. The van der Waals surface area contributed by atoms with Gasteiger partial charge in [-0.25, -0.2) is 13.1 Å². The summed E-state index contributed by atoms with van der Waals surface area (Å²) in [6.07, 6.45) is 3.60. The molecule has 0 saturated carbocycles. The number of para-hydroxylation sites is 1. The second-order valence-electron chi connectivity index (χ2n) is 8.22. The minimum atomic E-state index is -3.69. The van der Waals surface area contributed by atoms with Gasteiger partial charge in [-0.1, -0.05) is 18.2 Å². The zero-order chi connectivity index (χ0) is 24.8. The number of hydrogen-bond donors (Lipinski definition) is 1. The van der Waals surface area contributed by atoms with Crippen molar-refractivity contribution >= 4 is 27.3 Å². The van der Waals surface area contributed by atoms with Crippen molar-refractivity contribution in [3.05, 3.63) is 66.5 Å². The minimum Gasteiger partial charge on any atom is -0.379 e. The Balaban J connectivity index is 1.57. The molecule has 10 heteroatoms. The molecule has 1 aliphatic heterocycles. The van der Waals surface area contributed by atoms with Crippen LogP contribution in [0.15, 0.2) is 65.8 Å². The van der Waals surface area contributed by atoms with Gasteiger partial charge in [0.05, 0.1) is 47.8 Å². The predicted octanol–water partition coefficient (Wildman–Crippen LogP) is 2.92. The van der Waals surface area contributed by atoms with E-state index in [-0.39, 0.29) is 17.2 Å². The zero-order valence-electron chi connectivity index (χ0n) is 20.1. The average molecular weight is 498 g/mol. The monoisotopic (exact) mass is 497 g/mol. The molecule has 0 unspecified atom stereocenters. The zero-order valence-corrected chi connectivity index (χ0v) is 20.9. The maximum Gasteiger partial charge on any atom is 0.243 e. The number of sulfonamides is 1. The Bertz CT molecular complexity index is 1250. The molecule has 3 aromatic rings. The van der Waals surface area contributed by atoms with Gasteiger partial charge in [-0.2, -0.15) is 9.40 Å². The molecule has 2 aromatic carbocycles. The second kappa shape index (κ2) is 11.0. The highest BCUT2D eigenvalue weighted by Crippen LogP contribution is 2.30. The molecular weight excluding hydrogens is 466 g/mol. The van der Waals surface area contributed by atoms with E-state index in [1.165, 1.54) is 4.31 Å². The molecule has 186 valence electrons. The lowest BCUT2D eigenvalue weighted by atomic mass is 10.2. The van der Waals surface area contributed by atoms with Crippen molar-refractivity contribution in [1.82, 2.24) is 14.1 Å². The first-order valence-electron chi connectivity index (χ1n) is 11.8. The number of anilines is 2. The molecule has 1 N–H and O–H groups in total. The number of hydrogen-bond acceptors (Lipinski definition) is 6. The van der Waals surface area contributed by atoms with Crippen LogP contribution >= 0.6 is 0 Å². The first kappa shape index (κ1) is 24.9. The number of amides is 1. The van der Waals surface area contributed by atoms with E-state index in [0.29, 0.717) is 32.0 Å². The summed E-state index contributed by atoms with van der Waals surface area (Å²) < 4.78 is 34.9. The lowest BCUT2D eigenvalue weighted by molar-refractivity contribution is -0.115. The molecule has 0 spiro atoms. The fraction of sp³-hybridized carbons (Fsp3) is 0.360. The van der Waals surface area contributed by atoms with Crippen LogP contribution in [0.25, 0.3) is 5.69 Å². The quantitative estimate of drug-likeness (QED) is 0.488. The molecule has 2 heterocycles. The summed E-state index contributed by atoms with van der Waals surface area (Å²) in [6.45, 7) is 6.85. The predicted molar refractivity (Wildman–Crippen MR) is 135 cm³/mol. The third-order valence-electron chi connectivity index (χ3n) is 5.98. The van der Waals surface area contributed by atoms with Gasteiger partial charge in [0.25, 0.3) is 0 Å². The number of nitrogens with zero attached hydrogens (tertiary/aromatic N) is 4. The number of rotatable bonds is 9. The first-order chi connectivity index (χ1) is 16.9. The van der Waals surface area contributed by atoms with Gasteiger partial charge >= 0.3 is 0 Å². The maximum atomic E-state index is 13.2. The number of carbonyl (C=O) groups excluding carboxylic acids is 1. The van der Waals surface area contributed by atoms with Crippen molar-refractivity contribution in [1.29, 1.82) is 0 Å². The molecule has 0 aliphatic carbocycles. The van der Waals surface area contributed by atoms with E-state index >= 15 is 0 Å². The van der Waals surface area contributed by atoms with Crippen LogP contribution in [0.1, 0.15) is 19.4 Å². The molecule has 0 atom stereocenters. The highest BCUT2D eigenvalue weighted by molar-refractivity contribution is 7.89. The van der Waals surface area contributed by atoms with Crippen LogP contribution in [0.5, 0.6) is 0 Å². The highest BCUT2D eigenvalue weighted by atomic mass is 32.2. The molecule has 0 bridgehead atoms. The third kappa shape index (κ3) is 5.72. The van der Waals surface area contributed by atoms with E-state index in [9.17, 15) is 13.2 Å². The Morgan fingerprint density at radius 1 is 1.09 bits per heavy atom. The van der Waals surface area contributed by atoms with Crippen LogP contribution < -0.4 is 10.2 Å².